The fourth-order valence-corrected chi connectivity index (χ4v) is 2.50. The van der Waals surface area contributed by atoms with Crippen molar-refractivity contribution in [2.45, 2.75) is 45.4 Å². The Labute approximate surface area is 126 Å². The summed E-state index contributed by atoms with van der Waals surface area (Å²) < 4.78 is 0. The third kappa shape index (κ3) is 4.27. The molecule has 0 spiro atoms. The van der Waals surface area contributed by atoms with Crippen molar-refractivity contribution in [2.75, 3.05) is 35.7 Å². The molecule has 0 aromatic carbocycles. The summed E-state index contributed by atoms with van der Waals surface area (Å²) in [5.74, 6) is 4.82. The fraction of sp³-hybridized carbons (Fsp3) is 0.733. The van der Waals surface area contributed by atoms with E-state index in [1.54, 1.807) is 0 Å². The van der Waals surface area contributed by atoms with E-state index in [9.17, 15) is 0 Å². The lowest BCUT2D eigenvalue weighted by Crippen LogP contribution is -2.12. The van der Waals surface area contributed by atoms with E-state index < -0.39 is 0 Å². The van der Waals surface area contributed by atoms with Crippen molar-refractivity contribution < 1.29 is 0 Å². The van der Waals surface area contributed by atoms with Crippen LogP contribution in [0.5, 0.6) is 0 Å². The van der Waals surface area contributed by atoms with Crippen LogP contribution in [0.4, 0.5) is 11.6 Å². The lowest BCUT2D eigenvalue weighted by atomic mass is 10.2. The number of thioether (sulfide) groups is 1. The molecule has 1 saturated carbocycles. The summed E-state index contributed by atoms with van der Waals surface area (Å²) in [5, 5.41) is 6.92. The Hall–Kier alpha value is -0.970. The van der Waals surface area contributed by atoms with Gasteiger partial charge in [0.2, 0.25) is 0 Å². The maximum absolute atomic E-state index is 4.73. The lowest BCUT2D eigenvalue weighted by molar-refractivity contribution is 0.889. The second-order valence-corrected chi connectivity index (χ2v) is 6.36. The monoisotopic (exact) mass is 294 g/mol. The number of hydrogen-bond donors (Lipinski definition) is 2. The zero-order valence-electron chi connectivity index (χ0n) is 12.8. The minimum Gasteiger partial charge on any atom is -0.370 e. The Morgan fingerprint density at radius 3 is 2.35 bits per heavy atom. The molecular formula is C15H26N4S. The molecule has 20 heavy (non-hydrogen) atoms. The molecule has 4 nitrogen and oxygen atoms in total. The minimum absolute atomic E-state index is 0.588. The van der Waals surface area contributed by atoms with Gasteiger partial charge in [-0.3, -0.25) is 0 Å². The lowest BCUT2D eigenvalue weighted by Gasteiger charge is -2.14. The Morgan fingerprint density at radius 2 is 1.80 bits per heavy atom. The van der Waals surface area contributed by atoms with Gasteiger partial charge in [-0.1, -0.05) is 6.92 Å². The summed E-state index contributed by atoms with van der Waals surface area (Å²) in [6.45, 7) is 6.22. The van der Waals surface area contributed by atoms with Crippen LogP contribution in [0.25, 0.3) is 0 Å². The van der Waals surface area contributed by atoms with Gasteiger partial charge in [0, 0.05) is 24.6 Å². The molecule has 1 heterocycles. The van der Waals surface area contributed by atoms with Crippen molar-refractivity contribution in [1.82, 2.24) is 9.97 Å². The molecule has 0 bridgehead atoms. The molecule has 1 aromatic heterocycles. The van der Waals surface area contributed by atoms with Crippen LogP contribution < -0.4 is 10.6 Å². The Morgan fingerprint density at radius 1 is 1.15 bits per heavy atom. The number of nitrogens with zero attached hydrogens (tertiary/aromatic N) is 2. The molecule has 0 atom stereocenters. The van der Waals surface area contributed by atoms with Crippen molar-refractivity contribution >= 4 is 23.4 Å². The average molecular weight is 294 g/mol. The highest BCUT2D eigenvalue weighted by atomic mass is 32.2. The van der Waals surface area contributed by atoms with Crippen LogP contribution in [0.2, 0.25) is 0 Å². The largest absolute Gasteiger partial charge is 0.370 e. The van der Waals surface area contributed by atoms with Gasteiger partial charge in [0.05, 0.1) is 0 Å². The van der Waals surface area contributed by atoms with Gasteiger partial charge in [-0.2, -0.15) is 11.8 Å². The summed E-state index contributed by atoms with van der Waals surface area (Å²) >= 11 is 1.89. The van der Waals surface area contributed by atoms with Gasteiger partial charge >= 0.3 is 0 Å². The molecule has 0 saturated heterocycles. The number of hydrogen-bond acceptors (Lipinski definition) is 5. The van der Waals surface area contributed by atoms with Crippen LogP contribution in [0, 0.1) is 6.92 Å². The third-order valence-corrected chi connectivity index (χ3v) is 4.16. The Balaban J connectivity index is 2.08. The van der Waals surface area contributed by atoms with Crippen LogP contribution in [-0.4, -0.2) is 35.1 Å². The predicted molar refractivity (Wildman–Crippen MR) is 89.0 cm³/mol. The first-order valence-electron chi connectivity index (χ1n) is 7.61. The highest BCUT2D eigenvalue weighted by Crippen LogP contribution is 2.39. The molecule has 112 valence electrons. The van der Waals surface area contributed by atoms with E-state index in [0.29, 0.717) is 5.92 Å². The molecule has 5 heteroatoms. The van der Waals surface area contributed by atoms with Gasteiger partial charge in [-0.25, -0.2) is 9.97 Å². The van der Waals surface area contributed by atoms with Gasteiger partial charge < -0.3 is 10.6 Å². The second-order valence-electron chi connectivity index (χ2n) is 5.38. The van der Waals surface area contributed by atoms with Crippen molar-refractivity contribution in [3.05, 3.63) is 11.4 Å². The van der Waals surface area contributed by atoms with Gasteiger partial charge in [-0.05, 0) is 44.6 Å². The molecule has 1 fully saturated rings. The maximum atomic E-state index is 4.73. The SMILES string of the molecule is CCCNc1nc(C2CC2)nc(NCCCSC)c1C. The van der Waals surface area contributed by atoms with Crippen molar-refractivity contribution in [1.29, 1.82) is 0 Å². The quantitative estimate of drug-likeness (QED) is 0.681. The van der Waals surface area contributed by atoms with Crippen molar-refractivity contribution in [3.63, 3.8) is 0 Å². The maximum Gasteiger partial charge on any atom is 0.136 e. The first-order chi connectivity index (χ1) is 9.76. The highest BCUT2D eigenvalue weighted by molar-refractivity contribution is 7.98. The third-order valence-electron chi connectivity index (χ3n) is 3.47. The Bertz CT molecular complexity index is 432. The van der Waals surface area contributed by atoms with Crippen LogP contribution in [0.3, 0.4) is 0 Å². The second kappa shape index (κ2) is 7.72. The van der Waals surface area contributed by atoms with Crippen LogP contribution in [-0.2, 0) is 0 Å². The summed E-state index contributed by atoms with van der Waals surface area (Å²) in [7, 11) is 0. The average Bonchev–Trinajstić information content (AvgIpc) is 3.28. The topological polar surface area (TPSA) is 49.8 Å². The van der Waals surface area contributed by atoms with E-state index in [1.165, 1.54) is 25.0 Å². The number of anilines is 2. The van der Waals surface area contributed by atoms with Gasteiger partial charge in [0.1, 0.15) is 17.5 Å². The smallest absolute Gasteiger partial charge is 0.136 e. The summed E-state index contributed by atoms with van der Waals surface area (Å²) in [5.41, 5.74) is 1.15. The van der Waals surface area contributed by atoms with Crippen LogP contribution in [0.1, 0.15) is 49.9 Å². The van der Waals surface area contributed by atoms with Crippen LogP contribution >= 0.6 is 11.8 Å². The summed E-state index contributed by atoms with van der Waals surface area (Å²) in [6, 6.07) is 0. The zero-order valence-corrected chi connectivity index (χ0v) is 13.6. The van der Waals surface area contributed by atoms with E-state index in [4.69, 9.17) is 9.97 Å². The normalized spacial score (nSPS) is 14.3. The number of rotatable bonds is 9. The molecule has 2 N–H and O–H groups in total. The number of nitrogens with one attached hydrogen (secondary N) is 2. The summed E-state index contributed by atoms with van der Waals surface area (Å²) in [6.07, 6.45) is 6.90. The molecular weight excluding hydrogens is 268 g/mol. The molecule has 1 aliphatic rings. The van der Waals surface area contributed by atoms with E-state index in [2.05, 4.69) is 30.7 Å². The molecule has 0 unspecified atom stereocenters. The molecule has 0 aliphatic heterocycles. The molecule has 1 aromatic rings. The summed E-state index contributed by atoms with van der Waals surface area (Å²) in [4.78, 5) is 9.44. The minimum atomic E-state index is 0.588. The van der Waals surface area contributed by atoms with Crippen LogP contribution in [0.15, 0.2) is 0 Å². The highest BCUT2D eigenvalue weighted by Gasteiger charge is 2.28. The first kappa shape index (κ1) is 15.4. The predicted octanol–water partition coefficient (Wildman–Crippen LogP) is 3.65. The molecule has 1 aliphatic carbocycles. The van der Waals surface area contributed by atoms with E-state index in [0.717, 1.165) is 42.5 Å². The molecule has 2 rings (SSSR count). The van der Waals surface area contributed by atoms with Gasteiger partial charge in [0.25, 0.3) is 0 Å². The standard InChI is InChI=1S/C15H26N4S/c1-4-8-16-13-11(2)14(17-9-5-10-20-3)19-15(18-13)12-6-7-12/h12H,4-10H2,1-3H3,(H2,16,17,18,19). The Kier molecular flexibility index (Phi) is 5.95. The van der Waals surface area contributed by atoms with E-state index in [1.807, 2.05) is 11.8 Å². The van der Waals surface area contributed by atoms with Crippen molar-refractivity contribution in [3.8, 4) is 0 Å². The molecule has 0 radical (unpaired) electrons. The first-order valence-corrected chi connectivity index (χ1v) is 9.00. The molecule has 0 amide bonds. The van der Waals surface area contributed by atoms with E-state index in [-0.39, 0.29) is 0 Å². The fourth-order valence-electron chi connectivity index (χ4n) is 2.07. The van der Waals surface area contributed by atoms with E-state index >= 15 is 0 Å². The van der Waals surface area contributed by atoms with Crippen molar-refractivity contribution in [2.24, 2.45) is 0 Å². The zero-order chi connectivity index (χ0) is 14.4. The van der Waals surface area contributed by atoms with Gasteiger partial charge in [0.15, 0.2) is 0 Å². The number of aromatic nitrogens is 2. The van der Waals surface area contributed by atoms with Gasteiger partial charge in [-0.15, -0.1) is 0 Å².